The van der Waals surface area contributed by atoms with Gasteiger partial charge in [0.2, 0.25) is 0 Å². The molecule has 2 bridgehead atoms. The second-order valence-electron chi connectivity index (χ2n) is 6.24. The number of nitriles is 1. The summed E-state index contributed by atoms with van der Waals surface area (Å²) >= 11 is 0. The molecule has 0 aliphatic carbocycles. The maximum absolute atomic E-state index is 12.5. The number of carbonyl (C=O) groups is 1. The second-order valence-corrected chi connectivity index (χ2v) is 6.24. The molecule has 4 nitrogen and oxygen atoms in total. The average Bonchev–Trinajstić information content (AvgIpc) is 3.16. The third kappa shape index (κ3) is 2.15. The van der Waals surface area contributed by atoms with Gasteiger partial charge in [0.15, 0.2) is 0 Å². The predicted octanol–water partition coefficient (Wildman–Crippen LogP) is 2.15. The zero-order valence-corrected chi connectivity index (χ0v) is 12.2. The Bertz CT molecular complexity index is 793. The van der Waals surface area contributed by atoms with Gasteiger partial charge in [-0.2, -0.15) is 5.26 Å². The van der Waals surface area contributed by atoms with E-state index in [1.165, 1.54) is 13.0 Å². The van der Waals surface area contributed by atoms with Crippen molar-refractivity contribution in [2.24, 2.45) is 5.92 Å². The first-order valence-electron chi connectivity index (χ1n) is 7.71. The number of benzene rings is 2. The maximum atomic E-state index is 12.5. The molecule has 2 fully saturated rings. The van der Waals surface area contributed by atoms with Crippen molar-refractivity contribution in [3.8, 4) is 6.07 Å². The van der Waals surface area contributed by atoms with Crippen LogP contribution >= 0.6 is 0 Å². The molecule has 22 heavy (non-hydrogen) atoms. The number of fused-ring (bicyclic) bond motifs is 3. The normalized spacial score (nSPS) is 26.0. The lowest BCUT2D eigenvalue weighted by Gasteiger charge is -2.23. The lowest BCUT2D eigenvalue weighted by Crippen LogP contribution is -2.43. The van der Waals surface area contributed by atoms with Crippen LogP contribution in [0.2, 0.25) is 0 Å². The molecule has 2 saturated heterocycles. The summed E-state index contributed by atoms with van der Waals surface area (Å²) in [6.07, 6.45) is 1.19. The quantitative estimate of drug-likeness (QED) is 0.922. The van der Waals surface area contributed by atoms with E-state index in [2.05, 4.69) is 16.3 Å². The molecule has 4 heteroatoms. The molecule has 3 unspecified atom stereocenters. The number of rotatable bonds is 2. The summed E-state index contributed by atoms with van der Waals surface area (Å²) in [7, 11) is 0. The molecule has 0 aromatic heterocycles. The Morgan fingerprint density at radius 2 is 2.18 bits per heavy atom. The van der Waals surface area contributed by atoms with Crippen LogP contribution in [0.3, 0.4) is 0 Å². The minimum absolute atomic E-state index is 0.0111. The van der Waals surface area contributed by atoms with E-state index in [9.17, 15) is 4.79 Å². The number of hydrogen-bond acceptors (Lipinski definition) is 3. The highest BCUT2D eigenvalue weighted by atomic mass is 16.1. The van der Waals surface area contributed by atoms with Crippen LogP contribution in [0.5, 0.6) is 0 Å². The zero-order valence-electron chi connectivity index (χ0n) is 12.2. The smallest absolute Gasteiger partial charge is 0.251 e. The molecule has 2 aliphatic rings. The lowest BCUT2D eigenvalue weighted by molar-refractivity contribution is 0.0924. The molecule has 4 rings (SSSR count). The summed E-state index contributed by atoms with van der Waals surface area (Å²) in [5, 5.41) is 14.1. The molecule has 0 radical (unpaired) electrons. The van der Waals surface area contributed by atoms with E-state index < -0.39 is 0 Å². The standard InChI is InChI=1S/C18H17N3O/c19-9-14-3-1-2-12-8-13(4-5-16(12)14)18(22)20-17-11-21-7-6-15(17)10-21/h1-5,8,15,17H,6-7,10-11H2,(H,20,22). The van der Waals surface area contributed by atoms with Crippen molar-refractivity contribution >= 4 is 16.7 Å². The van der Waals surface area contributed by atoms with E-state index in [0.717, 1.165) is 23.9 Å². The molecule has 2 aromatic rings. The van der Waals surface area contributed by atoms with Crippen LogP contribution in [-0.2, 0) is 0 Å². The Morgan fingerprint density at radius 1 is 1.27 bits per heavy atom. The number of nitrogens with zero attached hydrogens (tertiary/aromatic N) is 2. The van der Waals surface area contributed by atoms with Gasteiger partial charge in [-0.05, 0) is 47.9 Å². The molecule has 3 atom stereocenters. The first-order chi connectivity index (χ1) is 10.7. The minimum atomic E-state index is -0.0111. The molecule has 1 amide bonds. The summed E-state index contributed by atoms with van der Waals surface area (Å²) in [5.74, 6) is 0.595. The first kappa shape index (κ1) is 13.3. The van der Waals surface area contributed by atoms with Gasteiger partial charge in [0.25, 0.3) is 5.91 Å². The molecule has 110 valence electrons. The van der Waals surface area contributed by atoms with Crippen molar-refractivity contribution in [1.29, 1.82) is 5.26 Å². The van der Waals surface area contributed by atoms with Crippen LogP contribution in [0.4, 0.5) is 0 Å². The van der Waals surface area contributed by atoms with Gasteiger partial charge in [-0.1, -0.05) is 18.2 Å². The number of hydrogen-bond donors (Lipinski definition) is 1. The fourth-order valence-corrected chi connectivity index (χ4v) is 3.72. The van der Waals surface area contributed by atoms with Crippen LogP contribution in [0.15, 0.2) is 36.4 Å². The lowest BCUT2D eigenvalue weighted by atomic mass is 9.99. The summed E-state index contributed by atoms with van der Waals surface area (Å²) in [6.45, 7) is 3.26. The minimum Gasteiger partial charge on any atom is -0.348 e. The molecular formula is C18H17N3O. The van der Waals surface area contributed by atoms with Crippen molar-refractivity contribution in [3.63, 3.8) is 0 Å². The van der Waals surface area contributed by atoms with Crippen molar-refractivity contribution in [3.05, 3.63) is 47.5 Å². The number of nitrogens with one attached hydrogen (secondary N) is 1. The van der Waals surface area contributed by atoms with Crippen LogP contribution in [0, 0.1) is 17.2 Å². The Labute approximate surface area is 129 Å². The fraction of sp³-hybridized carbons (Fsp3) is 0.333. The Hall–Kier alpha value is -2.38. The molecule has 2 heterocycles. The topological polar surface area (TPSA) is 56.1 Å². The Morgan fingerprint density at radius 3 is 2.91 bits per heavy atom. The largest absolute Gasteiger partial charge is 0.348 e. The van der Waals surface area contributed by atoms with E-state index in [1.807, 2.05) is 30.3 Å². The van der Waals surface area contributed by atoms with Crippen LogP contribution in [-0.4, -0.2) is 36.5 Å². The molecule has 2 aromatic carbocycles. The Balaban J connectivity index is 1.58. The van der Waals surface area contributed by atoms with Gasteiger partial charge >= 0.3 is 0 Å². The monoisotopic (exact) mass is 291 g/mol. The molecule has 1 N–H and O–H groups in total. The van der Waals surface area contributed by atoms with Crippen LogP contribution in [0.1, 0.15) is 22.3 Å². The highest BCUT2D eigenvalue weighted by Crippen LogP contribution is 2.28. The van der Waals surface area contributed by atoms with Crippen molar-refractivity contribution in [2.75, 3.05) is 19.6 Å². The maximum Gasteiger partial charge on any atom is 0.251 e. The fourth-order valence-electron chi connectivity index (χ4n) is 3.72. The van der Waals surface area contributed by atoms with Gasteiger partial charge in [0, 0.05) is 24.7 Å². The first-order valence-corrected chi connectivity index (χ1v) is 7.71. The highest BCUT2D eigenvalue weighted by Gasteiger charge is 2.38. The van der Waals surface area contributed by atoms with E-state index in [0.29, 0.717) is 17.0 Å². The Kier molecular flexibility index (Phi) is 3.09. The highest BCUT2D eigenvalue weighted by molar-refractivity contribution is 5.99. The van der Waals surface area contributed by atoms with E-state index in [4.69, 9.17) is 5.26 Å². The third-order valence-electron chi connectivity index (χ3n) is 4.91. The SMILES string of the molecule is N#Cc1cccc2cc(C(=O)NC3CN4CCC3C4)ccc12. The van der Waals surface area contributed by atoms with Crippen molar-refractivity contribution < 1.29 is 4.79 Å². The van der Waals surface area contributed by atoms with Gasteiger partial charge in [-0.15, -0.1) is 0 Å². The van der Waals surface area contributed by atoms with Gasteiger partial charge < -0.3 is 10.2 Å². The second kappa shape index (κ2) is 5.11. The number of carbonyl (C=O) groups excluding carboxylic acids is 1. The molecule has 0 saturated carbocycles. The van der Waals surface area contributed by atoms with Gasteiger partial charge in [-0.25, -0.2) is 0 Å². The van der Waals surface area contributed by atoms with E-state index in [-0.39, 0.29) is 11.9 Å². The number of piperidine rings is 1. The predicted molar refractivity (Wildman–Crippen MR) is 84.5 cm³/mol. The zero-order chi connectivity index (χ0) is 15.1. The van der Waals surface area contributed by atoms with E-state index >= 15 is 0 Å². The third-order valence-corrected chi connectivity index (χ3v) is 4.91. The molecular weight excluding hydrogens is 274 g/mol. The summed E-state index contributed by atoms with van der Waals surface area (Å²) in [4.78, 5) is 14.9. The average molecular weight is 291 g/mol. The van der Waals surface area contributed by atoms with Gasteiger partial charge in [0.1, 0.15) is 0 Å². The van der Waals surface area contributed by atoms with Crippen molar-refractivity contribution in [1.82, 2.24) is 10.2 Å². The summed E-state index contributed by atoms with van der Waals surface area (Å²) in [6, 6.07) is 13.6. The van der Waals surface area contributed by atoms with Gasteiger partial charge in [-0.3, -0.25) is 4.79 Å². The van der Waals surface area contributed by atoms with Crippen LogP contribution < -0.4 is 5.32 Å². The van der Waals surface area contributed by atoms with E-state index in [1.54, 1.807) is 6.07 Å². The summed E-state index contributed by atoms with van der Waals surface area (Å²) in [5.41, 5.74) is 1.31. The summed E-state index contributed by atoms with van der Waals surface area (Å²) < 4.78 is 0. The van der Waals surface area contributed by atoms with Crippen LogP contribution in [0.25, 0.3) is 10.8 Å². The molecule has 2 aliphatic heterocycles. The van der Waals surface area contributed by atoms with Gasteiger partial charge in [0.05, 0.1) is 11.6 Å². The number of amides is 1. The van der Waals surface area contributed by atoms with Crippen molar-refractivity contribution in [2.45, 2.75) is 12.5 Å². The molecule has 0 spiro atoms.